The van der Waals surface area contributed by atoms with Crippen molar-refractivity contribution in [2.75, 3.05) is 11.9 Å². The van der Waals surface area contributed by atoms with E-state index in [1.54, 1.807) is 24.3 Å². The molecule has 4 N–H and O–H groups in total. The quantitative estimate of drug-likeness (QED) is 0.237. The summed E-state index contributed by atoms with van der Waals surface area (Å²) >= 11 is 0. The highest BCUT2D eigenvalue weighted by Crippen LogP contribution is 2.43. The molecule has 0 spiro atoms. The number of carboxylic acids is 1. The molecule has 0 heterocycles. The second-order valence-corrected chi connectivity index (χ2v) is 11.2. The van der Waals surface area contributed by atoms with Gasteiger partial charge in [0.2, 0.25) is 0 Å². The van der Waals surface area contributed by atoms with Gasteiger partial charge < -0.3 is 25.8 Å². The van der Waals surface area contributed by atoms with E-state index in [1.165, 1.54) is 44.2 Å². The van der Waals surface area contributed by atoms with Crippen molar-refractivity contribution in [3.8, 4) is 5.75 Å². The van der Waals surface area contributed by atoms with Gasteiger partial charge in [-0.05, 0) is 85.4 Å². The van der Waals surface area contributed by atoms with Gasteiger partial charge in [-0.1, -0.05) is 44.2 Å². The maximum atomic E-state index is 13.1. The first-order valence-electron chi connectivity index (χ1n) is 14.6. The molecule has 2 saturated carbocycles. The zero-order valence-electron chi connectivity index (χ0n) is 23.4. The molecule has 0 bridgehead atoms. The number of carboxylic acid groups (broad SMARTS) is 1. The van der Waals surface area contributed by atoms with Gasteiger partial charge in [-0.3, -0.25) is 9.59 Å². The number of carbonyl (C=O) groups is 3. The number of carbonyl (C=O) groups excluding carboxylic acids is 2. The van der Waals surface area contributed by atoms with Crippen LogP contribution in [0.5, 0.6) is 5.75 Å². The van der Waals surface area contributed by atoms with Gasteiger partial charge in [0.1, 0.15) is 5.75 Å². The lowest BCUT2D eigenvalue weighted by molar-refractivity contribution is -0.274. The largest absolute Gasteiger partial charge is 0.573 e. The van der Waals surface area contributed by atoms with Crippen LogP contribution in [-0.2, 0) is 4.79 Å². The Bertz CT molecular complexity index is 1190. The maximum Gasteiger partial charge on any atom is 0.573 e. The molecule has 228 valence electrons. The van der Waals surface area contributed by atoms with Gasteiger partial charge in [0.25, 0.3) is 5.91 Å². The maximum absolute atomic E-state index is 13.1. The number of alkyl halides is 3. The molecule has 3 amide bonds. The minimum Gasteiger partial charge on any atom is -0.481 e. The standard InChI is InChI=1S/C31H38F3N3O5/c32-31(33,34)42-26-16-14-25(15-17-26)36-30(41)37-28(22-8-6-21(7-9-22)20-4-2-1-3-5-20)23-10-12-24(13-11-23)29(40)35-19-18-27(38)39/h10-17,20-22,28H,1-9,18-19H2,(H,35,40)(H,38,39)(H2,36,37,41). The zero-order valence-corrected chi connectivity index (χ0v) is 23.4. The van der Waals surface area contributed by atoms with Gasteiger partial charge in [0, 0.05) is 17.8 Å². The Morgan fingerprint density at radius 1 is 0.857 bits per heavy atom. The van der Waals surface area contributed by atoms with Crippen molar-refractivity contribution < 1.29 is 37.4 Å². The summed E-state index contributed by atoms with van der Waals surface area (Å²) in [7, 11) is 0. The van der Waals surface area contributed by atoms with E-state index >= 15 is 0 Å². The van der Waals surface area contributed by atoms with Crippen molar-refractivity contribution in [3.63, 3.8) is 0 Å². The van der Waals surface area contributed by atoms with Crippen molar-refractivity contribution in [2.45, 2.75) is 76.6 Å². The van der Waals surface area contributed by atoms with Gasteiger partial charge in [-0.15, -0.1) is 13.2 Å². The third-order valence-corrected chi connectivity index (χ3v) is 8.39. The normalized spacial score (nSPS) is 20.3. The fourth-order valence-electron chi connectivity index (χ4n) is 6.30. The third-order valence-electron chi connectivity index (χ3n) is 8.39. The molecule has 0 aromatic heterocycles. The number of benzene rings is 2. The highest BCUT2D eigenvalue weighted by molar-refractivity contribution is 5.94. The van der Waals surface area contributed by atoms with Crippen LogP contribution in [0.15, 0.2) is 48.5 Å². The Morgan fingerprint density at radius 2 is 1.48 bits per heavy atom. The van der Waals surface area contributed by atoms with E-state index in [0.29, 0.717) is 17.2 Å². The Hall–Kier alpha value is -3.76. The summed E-state index contributed by atoms with van der Waals surface area (Å²) in [5.41, 5.74) is 1.53. The second kappa shape index (κ2) is 14.4. The minimum absolute atomic E-state index is 0.0216. The topological polar surface area (TPSA) is 117 Å². The number of anilines is 1. The number of halogens is 3. The van der Waals surface area contributed by atoms with Crippen molar-refractivity contribution in [2.24, 2.45) is 17.8 Å². The first kappa shape index (κ1) is 31.2. The van der Waals surface area contributed by atoms with E-state index < -0.39 is 18.4 Å². The fourth-order valence-corrected chi connectivity index (χ4v) is 6.30. The van der Waals surface area contributed by atoms with Gasteiger partial charge >= 0.3 is 18.4 Å². The van der Waals surface area contributed by atoms with E-state index in [-0.39, 0.29) is 36.6 Å². The average Bonchev–Trinajstić information content (AvgIpc) is 2.97. The van der Waals surface area contributed by atoms with E-state index in [1.807, 2.05) is 0 Å². The third kappa shape index (κ3) is 9.39. The molecule has 2 aliphatic carbocycles. The number of hydrogen-bond donors (Lipinski definition) is 4. The van der Waals surface area contributed by atoms with Crippen molar-refractivity contribution in [1.82, 2.24) is 10.6 Å². The number of amides is 3. The zero-order chi connectivity index (χ0) is 30.1. The summed E-state index contributed by atoms with van der Waals surface area (Å²) in [5, 5.41) is 17.1. The highest BCUT2D eigenvalue weighted by atomic mass is 19.4. The van der Waals surface area contributed by atoms with E-state index in [9.17, 15) is 27.6 Å². The van der Waals surface area contributed by atoms with Crippen LogP contribution in [0.1, 0.15) is 86.2 Å². The predicted octanol–water partition coefficient (Wildman–Crippen LogP) is 7.04. The molecular weight excluding hydrogens is 551 g/mol. The smallest absolute Gasteiger partial charge is 0.481 e. The number of hydrogen-bond acceptors (Lipinski definition) is 4. The van der Waals surface area contributed by atoms with Crippen LogP contribution in [-0.4, -0.2) is 35.9 Å². The number of rotatable bonds is 10. The molecule has 8 nitrogen and oxygen atoms in total. The molecular formula is C31H38F3N3O5. The molecule has 11 heteroatoms. The van der Waals surface area contributed by atoms with Crippen LogP contribution in [0.3, 0.4) is 0 Å². The number of aliphatic carboxylic acids is 1. The van der Waals surface area contributed by atoms with Crippen LogP contribution < -0.4 is 20.7 Å². The van der Waals surface area contributed by atoms with Gasteiger partial charge in [0.15, 0.2) is 0 Å². The van der Waals surface area contributed by atoms with Crippen LogP contribution in [0.25, 0.3) is 0 Å². The van der Waals surface area contributed by atoms with E-state index in [4.69, 9.17) is 5.11 Å². The summed E-state index contributed by atoms with van der Waals surface area (Å²) in [6.07, 6.45) is 5.63. The monoisotopic (exact) mass is 589 g/mol. The lowest BCUT2D eigenvalue weighted by Gasteiger charge is -2.38. The molecule has 2 fully saturated rings. The molecule has 42 heavy (non-hydrogen) atoms. The molecule has 2 aliphatic rings. The second-order valence-electron chi connectivity index (χ2n) is 11.2. The van der Waals surface area contributed by atoms with Crippen molar-refractivity contribution in [3.05, 3.63) is 59.7 Å². The number of ether oxygens (including phenoxy) is 1. The predicted molar refractivity (Wildman–Crippen MR) is 151 cm³/mol. The highest BCUT2D eigenvalue weighted by Gasteiger charge is 2.34. The summed E-state index contributed by atoms with van der Waals surface area (Å²) in [4.78, 5) is 36.2. The Balaban J connectivity index is 1.43. The Kier molecular flexibility index (Phi) is 10.7. The average molecular weight is 590 g/mol. The molecule has 1 atom stereocenters. The van der Waals surface area contributed by atoms with Gasteiger partial charge in [-0.2, -0.15) is 0 Å². The molecule has 1 unspecified atom stereocenters. The van der Waals surface area contributed by atoms with Crippen LogP contribution in [0, 0.1) is 17.8 Å². The number of urea groups is 1. The molecule has 4 rings (SSSR count). The number of nitrogens with one attached hydrogen (secondary N) is 3. The Morgan fingerprint density at radius 3 is 2.07 bits per heavy atom. The molecule has 2 aromatic rings. The van der Waals surface area contributed by atoms with Gasteiger partial charge in [-0.25, -0.2) is 4.79 Å². The van der Waals surface area contributed by atoms with Crippen molar-refractivity contribution >= 4 is 23.6 Å². The van der Waals surface area contributed by atoms with Crippen LogP contribution in [0.2, 0.25) is 0 Å². The lowest BCUT2D eigenvalue weighted by Crippen LogP contribution is -2.38. The summed E-state index contributed by atoms with van der Waals surface area (Å²) < 4.78 is 41.3. The Labute approximate surface area is 243 Å². The summed E-state index contributed by atoms with van der Waals surface area (Å²) in [5.74, 6) is -0.109. The van der Waals surface area contributed by atoms with E-state index in [0.717, 1.165) is 49.3 Å². The summed E-state index contributed by atoms with van der Waals surface area (Å²) in [6.45, 7) is 0.0216. The SMILES string of the molecule is O=C(O)CCNC(=O)c1ccc(C(NC(=O)Nc2ccc(OC(F)(F)F)cc2)C2CCC(C3CCCCC3)CC2)cc1. The lowest BCUT2D eigenvalue weighted by atomic mass is 9.69. The minimum atomic E-state index is -4.80. The van der Waals surface area contributed by atoms with Gasteiger partial charge in [0.05, 0.1) is 12.5 Å². The van der Waals surface area contributed by atoms with Crippen LogP contribution in [0.4, 0.5) is 23.7 Å². The summed E-state index contributed by atoms with van der Waals surface area (Å²) in [6, 6.07) is 11.0. The van der Waals surface area contributed by atoms with E-state index in [2.05, 4.69) is 20.7 Å². The molecule has 0 aliphatic heterocycles. The first-order valence-corrected chi connectivity index (χ1v) is 14.6. The molecule has 0 saturated heterocycles. The fraction of sp³-hybridized carbons (Fsp3) is 0.516. The molecule has 0 radical (unpaired) electrons. The van der Waals surface area contributed by atoms with Crippen molar-refractivity contribution in [1.29, 1.82) is 0 Å². The molecule has 2 aromatic carbocycles. The first-order chi connectivity index (χ1) is 20.1. The van der Waals surface area contributed by atoms with Crippen LogP contribution >= 0.6 is 0 Å².